The molecule has 104 valence electrons. The Hall–Kier alpha value is -1.68. The van der Waals surface area contributed by atoms with Crippen molar-refractivity contribution in [2.24, 2.45) is 0 Å². The SMILES string of the molecule is Cc1c(C)c(C)c(C(=O)COCC(=O)O)c(C)c1C. The van der Waals surface area contributed by atoms with Crippen LogP contribution in [0.25, 0.3) is 0 Å². The molecule has 0 aliphatic carbocycles. The molecule has 0 aliphatic heterocycles. The number of carboxylic acids is 1. The lowest BCUT2D eigenvalue weighted by Crippen LogP contribution is -2.17. The summed E-state index contributed by atoms with van der Waals surface area (Å²) in [4.78, 5) is 22.5. The third-order valence-corrected chi connectivity index (χ3v) is 3.74. The molecule has 0 amide bonds. The van der Waals surface area contributed by atoms with Gasteiger partial charge in [-0.05, 0) is 62.4 Å². The third-order valence-electron chi connectivity index (χ3n) is 3.74. The second-order valence-electron chi connectivity index (χ2n) is 4.81. The van der Waals surface area contributed by atoms with E-state index in [1.54, 1.807) is 0 Å². The standard InChI is InChI=1S/C15H20O4/c1-8-9(2)11(4)15(12(5)10(8)3)13(16)6-19-7-14(17)18/h6-7H2,1-5H3,(H,17,18). The average Bonchev–Trinajstić information content (AvgIpc) is 2.34. The minimum Gasteiger partial charge on any atom is -0.480 e. The molecule has 4 nitrogen and oxygen atoms in total. The number of ketones is 1. The minimum atomic E-state index is -1.07. The van der Waals surface area contributed by atoms with Crippen molar-refractivity contribution >= 4 is 11.8 Å². The van der Waals surface area contributed by atoms with Gasteiger partial charge in [-0.2, -0.15) is 0 Å². The van der Waals surface area contributed by atoms with Gasteiger partial charge < -0.3 is 9.84 Å². The number of Topliss-reactive ketones (excluding diaryl/α,β-unsaturated/α-hetero) is 1. The van der Waals surface area contributed by atoms with Gasteiger partial charge in [0, 0.05) is 5.56 Å². The Labute approximate surface area is 113 Å². The molecule has 0 saturated carbocycles. The molecule has 0 radical (unpaired) electrons. The summed E-state index contributed by atoms with van der Waals surface area (Å²) in [6, 6.07) is 0. The van der Waals surface area contributed by atoms with Crippen LogP contribution in [0, 0.1) is 34.6 Å². The van der Waals surface area contributed by atoms with Gasteiger partial charge in [-0.25, -0.2) is 4.79 Å². The number of carbonyl (C=O) groups is 2. The van der Waals surface area contributed by atoms with Gasteiger partial charge in [0.05, 0.1) is 0 Å². The largest absolute Gasteiger partial charge is 0.480 e. The molecule has 1 aromatic rings. The fourth-order valence-corrected chi connectivity index (χ4v) is 2.22. The van der Waals surface area contributed by atoms with E-state index in [4.69, 9.17) is 9.84 Å². The highest BCUT2D eigenvalue weighted by Gasteiger charge is 2.18. The predicted molar refractivity (Wildman–Crippen MR) is 72.9 cm³/mol. The third kappa shape index (κ3) is 3.20. The topological polar surface area (TPSA) is 63.6 Å². The van der Waals surface area contributed by atoms with Crippen LogP contribution in [0.4, 0.5) is 0 Å². The van der Waals surface area contributed by atoms with E-state index in [1.807, 2.05) is 34.6 Å². The summed E-state index contributed by atoms with van der Waals surface area (Å²) in [5, 5.41) is 8.49. The summed E-state index contributed by atoms with van der Waals surface area (Å²) < 4.78 is 4.88. The van der Waals surface area contributed by atoms with Crippen LogP contribution in [0.5, 0.6) is 0 Å². The number of hydrogen-bond donors (Lipinski definition) is 1. The highest BCUT2D eigenvalue weighted by atomic mass is 16.5. The minimum absolute atomic E-state index is 0.164. The van der Waals surface area contributed by atoms with Crippen molar-refractivity contribution in [1.82, 2.24) is 0 Å². The lowest BCUT2D eigenvalue weighted by atomic mass is 9.88. The number of rotatable bonds is 5. The zero-order valence-corrected chi connectivity index (χ0v) is 12.1. The molecule has 19 heavy (non-hydrogen) atoms. The Balaban J connectivity index is 3.07. The molecule has 0 heterocycles. The van der Waals surface area contributed by atoms with Crippen molar-refractivity contribution in [1.29, 1.82) is 0 Å². The van der Waals surface area contributed by atoms with Crippen LogP contribution in [-0.2, 0) is 9.53 Å². The number of ether oxygens (including phenoxy) is 1. The maximum atomic E-state index is 12.2. The first kappa shape index (κ1) is 15.4. The van der Waals surface area contributed by atoms with E-state index in [-0.39, 0.29) is 12.4 Å². The van der Waals surface area contributed by atoms with Crippen LogP contribution in [0.2, 0.25) is 0 Å². The zero-order valence-electron chi connectivity index (χ0n) is 12.1. The highest BCUT2D eigenvalue weighted by molar-refractivity contribution is 6.00. The predicted octanol–water partition coefficient (Wildman–Crippen LogP) is 2.51. The van der Waals surface area contributed by atoms with Crippen molar-refractivity contribution in [2.45, 2.75) is 34.6 Å². The fraction of sp³-hybridized carbons (Fsp3) is 0.467. The van der Waals surface area contributed by atoms with Crippen molar-refractivity contribution < 1.29 is 19.4 Å². The second kappa shape index (κ2) is 5.97. The van der Waals surface area contributed by atoms with E-state index in [0.717, 1.165) is 22.3 Å². The summed E-state index contributed by atoms with van der Waals surface area (Å²) in [6.45, 7) is 9.21. The van der Waals surface area contributed by atoms with Crippen molar-refractivity contribution in [3.8, 4) is 0 Å². The van der Waals surface area contributed by atoms with E-state index in [0.29, 0.717) is 5.56 Å². The monoisotopic (exact) mass is 264 g/mol. The van der Waals surface area contributed by atoms with Crippen LogP contribution < -0.4 is 0 Å². The molecule has 1 aromatic carbocycles. The normalized spacial score (nSPS) is 10.6. The highest BCUT2D eigenvalue weighted by Crippen LogP contribution is 2.26. The molecule has 0 aliphatic rings. The number of carbonyl (C=O) groups excluding carboxylic acids is 1. The van der Waals surface area contributed by atoms with Gasteiger partial charge >= 0.3 is 5.97 Å². The Morgan fingerprint density at radius 1 is 0.842 bits per heavy atom. The Kier molecular flexibility index (Phi) is 4.84. The van der Waals surface area contributed by atoms with Gasteiger partial charge in [-0.15, -0.1) is 0 Å². The first-order valence-electron chi connectivity index (χ1n) is 6.17. The summed E-state index contributed by atoms with van der Waals surface area (Å²) >= 11 is 0. The molecule has 0 unspecified atom stereocenters. The van der Waals surface area contributed by atoms with E-state index in [1.165, 1.54) is 5.56 Å². The van der Waals surface area contributed by atoms with Gasteiger partial charge in [0.15, 0.2) is 5.78 Å². The molecule has 0 atom stereocenters. The first-order valence-corrected chi connectivity index (χ1v) is 6.17. The van der Waals surface area contributed by atoms with Crippen molar-refractivity contribution in [3.63, 3.8) is 0 Å². The van der Waals surface area contributed by atoms with Crippen molar-refractivity contribution in [3.05, 3.63) is 33.4 Å². The molecule has 1 N–H and O–H groups in total. The summed E-state index contributed by atoms with van der Waals surface area (Å²) in [6.07, 6.45) is 0. The molecular formula is C15H20O4. The number of carboxylic acid groups (broad SMARTS) is 1. The molecule has 0 bridgehead atoms. The smallest absolute Gasteiger partial charge is 0.329 e. The summed E-state index contributed by atoms with van der Waals surface area (Å²) in [7, 11) is 0. The van der Waals surface area contributed by atoms with Crippen LogP contribution in [-0.4, -0.2) is 30.1 Å². The summed E-state index contributed by atoms with van der Waals surface area (Å²) in [5.74, 6) is -1.24. The van der Waals surface area contributed by atoms with Crippen LogP contribution in [0.1, 0.15) is 38.2 Å². The molecule has 0 spiro atoms. The number of hydrogen-bond acceptors (Lipinski definition) is 3. The fourth-order valence-electron chi connectivity index (χ4n) is 2.22. The quantitative estimate of drug-likeness (QED) is 0.830. The van der Waals surface area contributed by atoms with Gasteiger partial charge in [-0.3, -0.25) is 4.79 Å². The summed E-state index contributed by atoms with van der Waals surface area (Å²) in [5.41, 5.74) is 5.95. The van der Waals surface area contributed by atoms with Crippen LogP contribution >= 0.6 is 0 Å². The van der Waals surface area contributed by atoms with Crippen LogP contribution in [0.15, 0.2) is 0 Å². The molecular weight excluding hydrogens is 244 g/mol. The van der Waals surface area contributed by atoms with Gasteiger partial charge in [0.25, 0.3) is 0 Å². The zero-order chi connectivity index (χ0) is 14.7. The van der Waals surface area contributed by atoms with Crippen molar-refractivity contribution in [2.75, 3.05) is 13.2 Å². The van der Waals surface area contributed by atoms with Gasteiger partial charge in [0.2, 0.25) is 0 Å². The second-order valence-corrected chi connectivity index (χ2v) is 4.81. The van der Waals surface area contributed by atoms with E-state index >= 15 is 0 Å². The maximum Gasteiger partial charge on any atom is 0.329 e. The average molecular weight is 264 g/mol. The first-order chi connectivity index (χ1) is 8.77. The lowest BCUT2D eigenvalue weighted by Gasteiger charge is -2.17. The Morgan fingerprint density at radius 3 is 1.68 bits per heavy atom. The maximum absolute atomic E-state index is 12.2. The van der Waals surface area contributed by atoms with E-state index in [9.17, 15) is 9.59 Å². The molecule has 0 saturated heterocycles. The number of benzene rings is 1. The van der Waals surface area contributed by atoms with E-state index < -0.39 is 12.6 Å². The molecule has 0 aromatic heterocycles. The van der Waals surface area contributed by atoms with E-state index in [2.05, 4.69) is 0 Å². The lowest BCUT2D eigenvalue weighted by molar-refractivity contribution is -0.141. The van der Waals surface area contributed by atoms with Gasteiger partial charge in [-0.1, -0.05) is 0 Å². The van der Waals surface area contributed by atoms with Gasteiger partial charge in [0.1, 0.15) is 13.2 Å². The molecule has 4 heteroatoms. The molecule has 0 fully saturated rings. The Bertz CT molecular complexity index is 500. The molecule has 1 rings (SSSR count). The Morgan fingerprint density at radius 2 is 1.26 bits per heavy atom. The van der Waals surface area contributed by atoms with Crippen LogP contribution in [0.3, 0.4) is 0 Å². The number of aliphatic carboxylic acids is 1.